The summed E-state index contributed by atoms with van der Waals surface area (Å²) in [6.07, 6.45) is 22.8. The molecule has 0 radical (unpaired) electrons. The van der Waals surface area contributed by atoms with Gasteiger partial charge in [0.1, 0.15) is 0 Å². The number of rotatable bonds is 20. The molecule has 2 atom stereocenters. The Kier molecular flexibility index (Phi) is 20.2. The summed E-state index contributed by atoms with van der Waals surface area (Å²) < 4.78 is 0. The van der Waals surface area contributed by atoms with Crippen LogP contribution in [0.5, 0.6) is 0 Å². The third kappa shape index (κ3) is 18.5. The molecule has 0 aliphatic carbocycles. The Bertz CT molecular complexity index is 238. The van der Waals surface area contributed by atoms with Gasteiger partial charge in [-0.15, -0.1) is 0 Å². The molecule has 25 heavy (non-hydrogen) atoms. The van der Waals surface area contributed by atoms with Crippen molar-refractivity contribution < 1.29 is 0 Å². The van der Waals surface area contributed by atoms with Crippen LogP contribution in [0.1, 0.15) is 130 Å². The zero-order valence-corrected chi connectivity index (χ0v) is 18.4. The van der Waals surface area contributed by atoms with Crippen LogP contribution in [-0.2, 0) is 0 Å². The fourth-order valence-corrected chi connectivity index (χ4v) is 3.71. The fourth-order valence-electron chi connectivity index (χ4n) is 3.71. The Labute approximate surface area is 161 Å². The summed E-state index contributed by atoms with van der Waals surface area (Å²) in [5.74, 6) is 1.92. The van der Waals surface area contributed by atoms with E-state index in [1.54, 1.807) is 0 Å². The van der Waals surface area contributed by atoms with Crippen LogP contribution in [0.15, 0.2) is 0 Å². The molecule has 2 unspecified atom stereocenters. The molecule has 0 amide bonds. The summed E-state index contributed by atoms with van der Waals surface area (Å²) in [5.41, 5.74) is 0. The van der Waals surface area contributed by atoms with E-state index < -0.39 is 0 Å². The predicted molar refractivity (Wildman–Crippen MR) is 116 cm³/mol. The lowest BCUT2D eigenvalue weighted by molar-refractivity contribution is 0.394. The molecule has 0 aromatic rings. The molecule has 0 aromatic carbocycles. The van der Waals surface area contributed by atoms with Crippen molar-refractivity contribution in [1.82, 2.24) is 5.32 Å². The van der Waals surface area contributed by atoms with Gasteiger partial charge in [-0.25, -0.2) is 0 Å². The molecule has 0 rings (SSSR count). The highest BCUT2D eigenvalue weighted by Crippen LogP contribution is 2.21. The summed E-state index contributed by atoms with van der Waals surface area (Å²) in [6, 6.07) is 0. The second kappa shape index (κ2) is 20.3. The molecule has 0 saturated carbocycles. The van der Waals surface area contributed by atoms with Gasteiger partial charge in [0.15, 0.2) is 0 Å². The molecule has 1 heteroatoms. The van der Waals surface area contributed by atoms with E-state index in [4.69, 9.17) is 0 Å². The molecule has 0 aliphatic rings. The van der Waals surface area contributed by atoms with Gasteiger partial charge in [0, 0.05) is 0 Å². The van der Waals surface area contributed by atoms with Crippen LogP contribution in [0.2, 0.25) is 0 Å². The Morgan fingerprint density at radius 2 is 1.12 bits per heavy atom. The largest absolute Gasteiger partial charge is 0.317 e. The Morgan fingerprint density at radius 1 is 0.560 bits per heavy atom. The average molecular weight is 354 g/mol. The first-order chi connectivity index (χ1) is 12.2. The Balaban J connectivity index is 3.24. The smallest absolute Gasteiger partial charge is 0.00488 e. The number of hydrogen-bond donors (Lipinski definition) is 1. The minimum absolute atomic E-state index is 0.908. The van der Waals surface area contributed by atoms with Gasteiger partial charge in [-0.3, -0.25) is 0 Å². The summed E-state index contributed by atoms with van der Waals surface area (Å²) in [5, 5.41) is 3.62. The van der Waals surface area contributed by atoms with Crippen molar-refractivity contribution >= 4 is 0 Å². The van der Waals surface area contributed by atoms with E-state index in [0.717, 1.165) is 11.8 Å². The third-order valence-corrected chi connectivity index (χ3v) is 6.01. The Morgan fingerprint density at radius 3 is 1.72 bits per heavy atom. The summed E-state index contributed by atoms with van der Waals surface area (Å²) in [4.78, 5) is 0. The van der Waals surface area contributed by atoms with Crippen LogP contribution < -0.4 is 5.32 Å². The molecule has 1 N–H and O–H groups in total. The summed E-state index contributed by atoms with van der Waals surface area (Å²) in [6.45, 7) is 11.8. The fraction of sp³-hybridized carbons (Fsp3) is 1.00. The molecule has 0 aliphatic heterocycles. The van der Waals surface area contributed by atoms with Crippen LogP contribution in [0.3, 0.4) is 0 Å². The second-order valence-corrected chi connectivity index (χ2v) is 8.44. The lowest BCUT2D eigenvalue weighted by Crippen LogP contribution is -2.17. The van der Waals surface area contributed by atoms with E-state index in [1.165, 1.54) is 116 Å². The quantitative estimate of drug-likeness (QED) is 0.218. The maximum atomic E-state index is 3.62. The lowest BCUT2D eigenvalue weighted by atomic mass is 9.92. The van der Waals surface area contributed by atoms with Crippen molar-refractivity contribution in [2.75, 3.05) is 13.1 Å². The van der Waals surface area contributed by atoms with E-state index in [9.17, 15) is 0 Å². The highest BCUT2D eigenvalue weighted by molar-refractivity contribution is 4.59. The van der Waals surface area contributed by atoms with E-state index >= 15 is 0 Å². The Hall–Kier alpha value is -0.0400. The second-order valence-electron chi connectivity index (χ2n) is 8.44. The molecule has 0 heterocycles. The van der Waals surface area contributed by atoms with Crippen LogP contribution >= 0.6 is 0 Å². The van der Waals surface area contributed by atoms with E-state index in [0.29, 0.717) is 0 Å². The van der Waals surface area contributed by atoms with Gasteiger partial charge in [-0.2, -0.15) is 0 Å². The van der Waals surface area contributed by atoms with Crippen molar-refractivity contribution in [1.29, 1.82) is 0 Å². The SMILES string of the molecule is CCCCCCC(CC)CCCCCCCCNCCCC(C)CC. The van der Waals surface area contributed by atoms with E-state index in [-0.39, 0.29) is 0 Å². The molecule has 152 valence electrons. The van der Waals surface area contributed by atoms with Gasteiger partial charge in [0.05, 0.1) is 0 Å². The molecule has 0 fully saturated rings. The highest BCUT2D eigenvalue weighted by atomic mass is 14.8. The number of nitrogens with one attached hydrogen (secondary N) is 1. The van der Waals surface area contributed by atoms with Crippen LogP contribution in [-0.4, -0.2) is 13.1 Å². The van der Waals surface area contributed by atoms with Crippen molar-refractivity contribution in [3.63, 3.8) is 0 Å². The highest BCUT2D eigenvalue weighted by Gasteiger charge is 2.05. The standard InChI is InChI=1S/C24H51N/c1-5-8-9-14-19-24(7-3)20-15-12-10-11-13-16-21-25-22-17-18-23(4)6-2/h23-25H,5-22H2,1-4H3. The van der Waals surface area contributed by atoms with Crippen LogP contribution in [0, 0.1) is 11.8 Å². The van der Waals surface area contributed by atoms with E-state index in [2.05, 4.69) is 33.0 Å². The lowest BCUT2D eigenvalue weighted by Gasteiger charge is -2.14. The molecule has 0 bridgehead atoms. The van der Waals surface area contributed by atoms with Gasteiger partial charge >= 0.3 is 0 Å². The molecular weight excluding hydrogens is 302 g/mol. The third-order valence-electron chi connectivity index (χ3n) is 6.01. The van der Waals surface area contributed by atoms with Crippen LogP contribution in [0.25, 0.3) is 0 Å². The number of unbranched alkanes of at least 4 members (excludes halogenated alkanes) is 8. The molecule has 1 nitrogen and oxygen atoms in total. The van der Waals surface area contributed by atoms with Gasteiger partial charge in [0.2, 0.25) is 0 Å². The summed E-state index contributed by atoms with van der Waals surface area (Å²) >= 11 is 0. The maximum Gasteiger partial charge on any atom is -0.00488 e. The van der Waals surface area contributed by atoms with Gasteiger partial charge < -0.3 is 5.32 Å². The maximum absolute atomic E-state index is 3.62. The molecule has 0 spiro atoms. The van der Waals surface area contributed by atoms with Crippen LogP contribution in [0.4, 0.5) is 0 Å². The van der Waals surface area contributed by atoms with E-state index in [1.807, 2.05) is 0 Å². The van der Waals surface area contributed by atoms with Gasteiger partial charge in [-0.05, 0) is 44.2 Å². The summed E-state index contributed by atoms with van der Waals surface area (Å²) in [7, 11) is 0. The van der Waals surface area contributed by atoms with Crippen molar-refractivity contribution in [3.05, 3.63) is 0 Å². The van der Waals surface area contributed by atoms with Crippen molar-refractivity contribution in [3.8, 4) is 0 Å². The topological polar surface area (TPSA) is 12.0 Å². The first-order valence-corrected chi connectivity index (χ1v) is 11.9. The minimum Gasteiger partial charge on any atom is -0.317 e. The molecular formula is C24H51N. The normalized spacial score (nSPS) is 13.9. The molecule has 0 saturated heterocycles. The van der Waals surface area contributed by atoms with Gasteiger partial charge in [0.25, 0.3) is 0 Å². The monoisotopic (exact) mass is 353 g/mol. The molecule has 0 aromatic heterocycles. The van der Waals surface area contributed by atoms with Crippen molar-refractivity contribution in [2.45, 2.75) is 130 Å². The zero-order valence-electron chi connectivity index (χ0n) is 18.4. The van der Waals surface area contributed by atoms with Gasteiger partial charge in [-0.1, -0.05) is 111 Å². The zero-order chi connectivity index (χ0) is 18.6. The predicted octanol–water partition coefficient (Wildman–Crippen LogP) is 8.13. The van der Waals surface area contributed by atoms with Crippen molar-refractivity contribution in [2.24, 2.45) is 11.8 Å². The first-order valence-electron chi connectivity index (χ1n) is 11.9. The average Bonchev–Trinajstić information content (AvgIpc) is 2.63. The first kappa shape index (κ1) is 25.0. The number of hydrogen-bond acceptors (Lipinski definition) is 1. The minimum atomic E-state index is 0.908.